The van der Waals surface area contributed by atoms with Crippen LogP contribution in [0.15, 0.2) is 0 Å². The molecule has 0 aliphatic carbocycles. The quantitative estimate of drug-likeness (QED) is 0.484. The predicted molar refractivity (Wildman–Crippen MR) is 81.4 cm³/mol. The highest BCUT2D eigenvalue weighted by molar-refractivity contribution is 4.95. The first-order valence-electron chi connectivity index (χ1n) is 7.97. The Morgan fingerprint density at radius 3 is 1.92 bits per heavy atom. The largest absolute Gasteiger partial charge is 0.523 e. The van der Waals surface area contributed by atoms with Crippen LogP contribution in [0.25, 0.3) is 0 Å². The van der Waals surface area contributed by atoms with Crippen LogP contribution in [-0.2, 0) is 14.2 Å². The van der Waals surface area contributed by atoms with Gasteiger partial charge < -0.3 is 9.47 Å². The Balaban J connectivity index is 4.96. The second kappa shape index (κ2) is 8.76. The molecule has 0 bridgehead atoms. The van der Waals surface area contributed by atoms with Crippen LogP contribution in [0.2, 0.25) is 0 Å². The minimum absolute atomic E-state index is 0.00197. The maximum Gasteiger partial charge on any atom is 0.523 e. The standard InChI is InChI=1S/C16H29F5O3/c1-7-15(6,14(5,18)8-9-22-12(2)3)23-11-13(4,10-17)24-16(19,20)21/h12H,7-11H2,1-6H3. The first-order chi connectivity index (χ1) is 10.7. The average molecular weight is 364 g/mol. The fourth-order valence-electron chi connectivity index (χ4n) is 2.06. The molecule has 0 N–H and O–H groups in total. The zero-order chi connectivity index (χ0) is 19.2. The summed E-state index contributed by atoms with van der Waals surface area (Å²) in [5, 5.41) is 0. The summed E-state index contributed by atoms with van der Waals surface area (Å²) >= 11 is 0. The van der Waals surface area contributed by atoms with Gasteiger partial charge in [0, 0.05) is 6.42 Å². The normalized spacial score (nSPS) is 20.5. The molecule has 0 spiro atoms. The topological polar surface area (TPSA) is 27.7 Å². The van der Waals surface area contributed by atoms with E-state index in [0.717, 1.165) is 6.92 Å². The molecule has 3 unspecified atom stereocenters. The first kappa shape index (κ1) is 23.5. The SMILES string of the molecule is CCC(C)(OCC(C)(CF)OC(F)(F)F)C(C)(F)CCOC(C)C. The minimum Gasteiger partial charge on any atom is -0.379 e. The molecular weight excluding hydrogens is 335 g/mol. The van der Waals surface area contributed by atoms with Crippen LogP contribution in [0.4, 0.5) is 22.0 Å². The minimum atomic E-state index is -5.00. The Labute approximate surface area is 140 Å². The molecule has 3 atom stereocenters. The van der Waals surface area contributed by atoms with Gasteiger partial charge in [-0.05, 0) is 41.0 Å². The molecule has 0 aromatic heterocycles. The molecule has 0 heterocycles. The molecule has 0 aliphatic rings. The van der Waals surface area contributed by atoms with Crippen molar-refractivity contribution in [1.82, 2.24) is 0 Å². The van der Waals surface area contributed by atoms with Gasteiger partial charge in [0.1, 0.15) is 17.9 Å². The molecule has 0 saturated carbocycles. The Kier molecular flexibility index (Phi) is 8.59. The molecule has 146 valence electrons. The van der Waals surface area contributed by atoms with Crippen LogP contribution < -0.4 is 0 Å². The van der Waals surface area contributed by atoms with Crippen molar-refractivity contribution in [3.05, 3.63) is 0 Å². The highest BCUT2D eigenvalue weighted by Gasteiger charge is 2.48. The van der Waals surface area contributed by atoms with E-state index in [1.807, 2.05) is 13.8 Å². The number of rotatable bonds is 11. The van der Waals surface area contributed by atoms with Crippen LogP contribution in [0.3, 0.4) is 0 Å². The molecular formula is C16H29F5O3. The molecule has 0 fully saturated rings. The van der Waals surface area contributed by atoms with Gasteiger partial charge in [0.2, 0.25) is 0 Å². The van der Waals surface area contributed by atoms with E-state index >= 15 is 4.39 Å². The van der Waals surface area contributed by atoms with Gasteiger partial charge in [-0.1, -0.05) is 6.92 Å². The van der Waals surface area contributed by atoms with E-state index in [9.17, 15) is 17.6 Å². The lowest BCUT2D eigenvalue weighted by molar-refractivity contribution is -0.374. The van der Waals surface area contributed by atoms with Crippen LogP contribution in [0.5, 0.6) is 0 Å². The average Bonchev–Trinajstić information content (AvgIpc) is 2.42. The second-order valence-electron chi connectivity index (χ2n) is 6.87. The summed E-state index contributed by atoms with van der Waals surface area (Å²) in [5.41, 5.74) is -5.50. The highest BCUT2D eigenvalue weighted by Crippen LogP contribution is 2.37. The Bertz CT molecular complexity index is 373. The third kappa shape index (κ3) is 7.61. The van der Waals surface area contributed by atoms with Crippen molar-refractivity contribution in [3.8, 4) is 0 Å². The van der Waals surface area contributed by atoms with Crippen molar-refractivity contribution in [1.29, 1.82) is 0 Å². The predicted octanol–water partition coefficient (Wildman–Crippen LogP) is 4.98. The summed E-state index contributed by atoms with van der Waals surface area (Å²) in [6.45, 7) is 6.98. The van der Waals surface area contributed by atoms with Gasteiger partial charge in [0.25, 0.3) is 0 Å². The van der Waals surface area contributed by atoms with Crippen molar-refractivity contribution in [2.24, 2.45) is 0 Å². The van der Waals surface area contributed by atoms with E-state index < -0.39 is 36.5 Å². The van der Waals surface area contributed by atoms with Crippen LogP contribution in [0.1, 0.15) is 54.4 Å². The highest BCUT2D eigenvalue weighted by atomic mass is 19.4. The number of hydrogen-bond donors (Lipinski definition) is 0. The molecule has 0 aliphatic heterocycles. The van der Waals surface area contributed by atoms with Crippen molar-refractivity contribution >= 4 is 0 Å². The molecule has 0 aromatic carbocycles. The van der Waals surface area contributed by atoms with E-state index in [1.165, 1.54) is 13.8 Å². The molecule has 0 radical (unpaired) electrons. The maximum atomic E-state index is 15.0. The number of halogens is 5. The maximum absolute atomic E-state index is 15.0. The van der Waals surface area contributed by atoms with E-state index in [0.29, 0.717) is 0 Å². The summed E-state index contributed by atoms with van der Waals surface area (Å²) < 4.78 is 79.7. The van der Waals surface area contributed by atoms with Crippen molar-refractivity contribution < 1.29 is 36.2 Å². The number of alkyl halides is 5. The monoisotopic (exact) mass is 364 g/mol. The third-order valence-electron chi connectivity index (χ3n) is 4.14. The zero-order valence-corrected chi connectivity index (χ0v) is 15.2. The summed E-state index contributed by atoms with van der Waals surface area (Å²) in [6.07, 6.45) is -4.88. The zero-order valence-electron chi connectivity index (χ0n) is 15.2. The summed E-state index contributed by atoms with van der Waals surface area (Å²) in [5.74, 6) is 0. The fraction of sp³-hybridized carbons (Fsp3) is 1.00. The van der Waals surface area contributed by atoms with Crippen LogP contribution in [-0.4, -0.2) is 49.2 Å². The van der Waals surface area contributed by atoms with Gasteiger partial charge in [-0.25, -0.2) is 8.78 Å². The molecule has 0 amide bonds. The van der Waals surface area contributed by atoms with Gasteiger partial charge in [-0.2, -0.15) is 0 Å². The first-order valence-corrected chi connectivity index (χ1v) is 7.97. The van der Waals surface area contributed by atoms with Crippen molar-refractivity contribution in [2.45, 2.75) is 83.7 Å². The van der Waals surface area contributed by atoms with E-state index in [2.05, 4.69) is 4.74 Å². The molecule has 0 saturated heterocycles. The number of hydrogen-bond acceptors (Lipinski definition) is 3. The summed E-state index contributed by atoms with van der Waals surface area (Å²) in [6, 6.07) is 0. The van der Waals surface area contributed by atoms with Gasteiger partial charge in [-0.3, -0.25) is 4.74 Å². The molecule has 3 nitrogen and oxygen atoms in total. The molecule has 24 heavy (non-hydrogen) atoms. The lowest BCUT2D eigenvalue weighted by Gasteiger charge is -2.42. The Hall–Kier alpha value is -0.470. The molecule has 8 heteroatoms. The van der Waals surface area contributed by atoms with Crippen LogP contribution >= 0.6 is 0 Å². The van der Waals surface area contributed by atoms with E-state index in [-0.39, 0.29) is 25.6 Å². The van der Waals surface area contributed by atoms with Crippen LogP contribution in [0, 0.1) is 0 Å². The summed E-state index contributed by atoms with van der Waals surface area (Å²) in [4.78, 5) is 0. The third-order valence-corrected chi connectivity index (χ3v) is 4.14. The molecule has 0 rings (SSSR count). The van der Waals surface area contributed by atoms with Crippen molar-refractivity contribution in [3.63, 3.8) is 0 Å². The van der Waals surface area contributed by atoms with Gasteiger partial charge in [0.15, 0.2) is 0 Å². The smallest absolute Gasteiger partial charge is 0.379 e. The Morgan fingerprint density at radius 1 is 1.00 bits per heavy atom. The molecule has 0 aromatic rings. The fourth-order valence-corrected chi connectivity index (χ4v) is 2.06. The van der Waals surface area contributed by atoms with Gasteiger partial charge in [-0.15, -0.1) is 13.2 Å². The Morgan fingerprint density at radius 2 is 1.54 bits per heavy atom. The van der Waals surface area contributed by atoms with Gasteiger partial charge >= 0.3 is 6.36 Å². The lowest BCUT2D eigenvalue weighted by Crippen LogP contribution is -2.53. The number of ether oxygens (including phenoxy) is 3. The van der Waals surface area contributed by atoms with E-state index in [1.54, 1.807) is 6.92 Å². The van der Waals surface area contributed by atoms with E-state index in [4.69, 9.17) is 9.47 Å². The second-order valence-corrected chi connectivity index (χ2v) is 6.87. The van der Waals surface area contributed by atoms with Gasteiger partial charge in [0.05, 0.1) is 24.9 Å². The summed E-state index contributed by atoms with van der Waals surface area (Å²) in [7, 11) is 0. The lowest BCUT2D eigenvalue weighted by atomic mass is 9.82. The van der Waals surface area contributed by atoms with Crippen molar-refractivity contribution in [2.75, 3.05) is 19.9 Å².